The molecule has 1 aliphatic heterocycles. The molecule has 0 aromatic rings. The average Bonchev–Trinajstić information content (AvgIpc) is 2.36. The fourth-order valence-electron chi connectivity index (χ4n) is 2.42. The van der Waals surface area contributed by atoms with Crippen LogP contribution >= 0.6 is 0 Å². The van der Waals surface area contributed by atoms with Gasteiger partial charge in [-0.1, -0.05) is 13.3 Å². The number of ether oxygens (including phenoxy) is 1. The number of amides is 1. The Bertz CT molecular complexity index is 424. The Morgan fingerprint density at radius 2 is 2.10 bits per heavy atom. The number of piperidine rings is 1. The summed E-state index contributed by atoms with van der Waals surface area (Å²) in [7, 11) is -1.94. The number of hydrogen-bond donors (Lipinski definition) is 2. The molecule has 1 heterocycles. The van der Waals surface area contributed by atoms with Crippen molar-refractivity contribution in [2.24, 2.45) is 5.92 Å². The van der Waals surface area contributed by atoms with Crippen LogP contribution in [-0.4, -0.2) is 51.1 Å². The molecule has 0 spiro atoms. The molecule has 0 radical (unpaired) electrons. The smallest absolute Gasteiger partial charge is 0.422 e. The highest BCUT2D eigenvalue weighted by atomic mass is 32.2. The summed E-state index contributed by atoms with van der Waals surface area (Å²) in [5.74, 6) is 0.242. The molecule has 1 rings (SSSR count). The van der Waals surface area contributed by atoms with Crippen LogP contribution in [0.4, 0.5) is 4.79 Å². The van der Waals surface area contributed by atoms with Gasteiger partial charge in [-0.3, -0.25) is 0 Å². The normalized spacial score (nSPS) is 24.6. The number of nitrogens with zero attached hydrogens (tertiary/aromatic N) is 1. The fraction of sp³-hybridized carbons (Fsp3) is 0.917. The molecular formula is C12H25N3O4S. The van der Waals surface area contributed by atoms with E-state index in [2.05, 4.69) is 5.32 Å². The monoisotopic (exact) mass is 307 g/mol. The average molecular weight is 307 g/mol. The topological polar surface area (TPSA) is 87.7 Å². The summed E-state index contributed by atoms with van der Waals surface area (Å²) in [6, 6.07) is 0.314. The van der Waals surface area contributed by atoms with Crippen molar-refractivity contribution in [1.82, 2.24) is 14.3 Å². The third-order valence-corrected chi connectivity index (χ3v) is 4.92. The van der Waals surface area contributed by atoms with E-state index in [4.69, 9.17) is 4.74 Å². The van der Waals surface area contributed by atoms with Gasteiger partial charge in [-0.25, -0.2) is 9.52 Å². The zero-order valence-electron chi connectivity index (χ0n) is 12.5. The Kier molecular flexibility index (Phi) is 6.22. The number of nitrogens with one attached hydrogen (secondary N) is 2. The van der Waals surface area contributed by atoms with Crippen molar-refractivity contribution in [3.8, 4) is 0 Å². The summed E-state index contributed by atoms with van der Waals surface area (Å²) in [6.45, 7) is 6.17. The molecule has 118 valence electrons. The van der Waals surface area contributed by atoms with Gasteiger partial charge in [0.05, 0.1) is 6.10 Å². The second kappa shape index (κ2) is 7.24. The highest BCUT2D eigenvalue weighted by Crippen LogP contribution is 2.21. The van der Waals surface area contributed by atoms with Gasteiger partial charge in [0.2, 0.25) is 0 Å². The lowest BCUT2D eigenvalue weighted by Gasteiger charge is -2.37. The van der Waals surface area contributed by atoms with Crippen LogP contribution in [-0.2, 0) is 14.9 Å². The van der Waals surface area contributed by atoms with E-state index >= 15 is 0 Å². The van der Waals surface area contributed by atoms with Gasteiger partial charge < -0.3 is 10.1 Å². The lowest BCUT2D eigenvalue weighted by molar-refractivity contribution is 0.120. The largest absolute Gasteiger partial charge is 0.446 e. The van der Waals surface area contributed by atoms with Crippen molar-refractivity contribution in [1.29, 1.82) is 0 Å². The summed E-state index contributed by atoms with van der Waals surface area (Å²) >= 11 is 0. The maximum absolute atomic E-state index is 12.1. The predicted octanol–water partition coefficient (Wildman–Crippen LogP) is 0.686. The standard InChI is InChI=1S/C12H25N3O4S/c1-5-10-8-15(7-6-11(10)13-4)20(17,18)14-12(16)19-9(2)3/h9-11,13H,5-8H2,1-4H3,(H,14,16). The maximum Gasteiger partial charge on any atom is 0.422 e. The van der Waals surface area contributed by atoms with Gasteiger partial charge in [0.25, 0.3) is 0 Å². The second-order valence-corrected chi connectivity index (χ2v) is 6.94. The van der Waals surface area contributed by atoms with Crippen LogP contribution in [0.5, 0.6) is 0 Å². The molecule has 1 amide bonds. The Morgan fingerprint density at radius 1 is 1.45 bits per heavy atom. The highest BCUT2D eigenvalue weighted by Gasteiger charge is 2.34. The minimum atomic E-state index is -3.82. The van der Waals surface area contributed by atoms with E-state index < -0.39 is 16.3 Å². The molecule has 20 heavy (non-hydrogen) atoms. The summed E-state index contributed by atoms with van der Waals surface area (Å²) in [5.41, 5.74) is 0. The van der Waals surface area contributed by atoms with Crippen LogP contribution in [0.15, 0.2) is 0 Å². The first kappa shape index (κ1) is 17.2. The minimum absolute atomic E-state index is 0.242. The molecule has 0 aliphatic carbocycles. The van der Waals surface area contributed by atoms with E-state index in [1.54, 1.807) is 13.8 Å². The summed E-state index contributed by atoms with van der Waals surface area (Å²) in [5, 5.41) is 3.21. The second-order valence-electron chi connectivity index (χ2n) is 5.27. The van der Waals surface area contributed by atoms with Crippen LogP contribution < -0.4 is 10.0 Å². The fourth-order valence-corrected chi connectivity index (χ4v) is 3.54. The molecular weight excluding hydrogens is 282 g/mol. The Labute approximate surface area is 121 Å². The minimum Gasteiger partial charge on any atom is -0.446 e. The van der Waals surface area contributed by atoms with Gasteiger partial charge in [0.15, 0.2) is 0 Å². The predicted molar refractivity (Wildman–Crippen MR) is 76.5 cm³/mol. The molecule has 0 saturated carbocycles. The quantitative estimate of drug-likeness (QED) is 0.780. The van der Waals surface area contributed by atoms with Gasteiger partial charge in [-0.2, -0.15) is 12.7 Å². The molecule has 0 aromatic heterocycles. The molecule has 7 nitrogen and oxygen atoms in total. The molecule has 1 saturated heterocycles. The summed E-state index contributed by atoms with van der Waals surface area (Å²) < 4.78 is 32.3. The molecule has 2 unspecified atom stereocenters. The van der Waals surface area contributed by atoms with Crippen LogP contribution in [0.2, 0.25) is 0 Å². The molecule has 1 fully saturated rings. The zero-order chi connectivity index (χ0) is 15.3. The molecule has 2 atom stereocenters. The van der Waals surface area contributed by atoms with E-state index in [1.165, 1.54) is 4.31 Å². The lowest BCUT2D eigenvalue weighted by atomic mass is 9.91. The van der Waals surface area contributed by atoms with E-state index in [-0.39, 0.29) is 12.0 Å². The third-order valence-electron chi connectivity index (χ3n) is 3.49. The summed E-state index contributed by atoms with van der Waals surface area (Å²) in [6.07, 6.45) is 0.329. The third kappa shape index (κ3) is 4.60. The molecule has 0 aromatic carbocycles. The van der Waals surface area contributed by atoms with E-state index in [0.29, 0.717) is 19.1 Å². The van der Waals surface area contributed by atoms with Gasteiger partial charge in [0.1, 0.15) is 0 Å². The van der Waals surface area contributed by atoms with Crippen LogP contribution in [0.25, 0.3) is 0 Å². The maximum atomic E-state index is 12.1. The van der Waals surface area contributed by atoms with Crippen molar-refractivity contribution in [3.05, 3.63) is 0 Å². The number of carbonyl (C=O) groups is 1. The van der Waals surface area contributed by atoms with Crippen LogP contribution in [0.1, 0.15) is 33.6 Å². The van der Waals surface area contributed by atoms with Crippen molar-refractivity contribution < 1.29 is 17.9 Å². The number of carbonyl (C=O) groups excluding carboxylic acids is 1. The first-order chi connectivity index (χ1) is 9.30. The van der Waals surface area contributed by atoms with Gasteiger partial charge in [-0.05, 0) is 33.2 Å². The number of rotatable bonds is 5. The first-order valence-corrected chi connectivity index (χ1v) is 8.40. The van der Waals surface area contributed by atoms with Crippen molar-refractivity contribution in [2.45, 2.75) is 45.8 Å². The van der Waals surface area contributed by atoms with Gasteiger partial charge >= 0.3 is 16.3 Å². The van der Waals surface area contributed by atoms with Crippen molar-refractivity contribution in [3.63, 3.8) is 0 Å². The molecule has 8 heteroatoms. The van der Waals surface area contributed by atoms with Gasteiger partial charge in [0, 0.05) is 19.1 Å². The molecule has 2 N–H and O–H groups in total. The zero-order valence-corrected chi connectivity index (χ0v) is 13.4. The lowest BCUT2D eigenvalue weighted by Crippen LogP contribution is -2.53. The van der Waals surface area contributed by atoms with E-state index in [9.17, 15) is 13.2 Å². The van der Waals surface area contributed by atoms with Crippen LogP contribution in [0.3, 0.4) is 0 Å². The Hall–Kier alpha value is -0.860. The molecule has 1 aliphatic rings. The molecule has 0 bridgehead atoms. The van der Waals surface area contributed by atoms with Crippen LogP contribution in [0, 0.1) is 5.92 Å². The Morgan fingerprint density at radius 3 is 2.60 bits per heavy atom. The van der Waals surface area contributed by atoms with E-state index in [1.807, 2.05) is 18.7 Å². The highest BCUT2D eigenvalue weighted by molar-refractivity contribution is 7.87. The first-order valence-electron chi connectivity index (χ1n) is 6.95. The van der Waals surface area contributed by atoms with Gasteiger partial charge in [-0.15, -0.1) is 0 Å². The SMILES string of the molecule is CCC1CN(S(=O)(=O)NC(=O)OC(C)C)CCC1NC. The number of hydrogen-bond acceptors (Lipinski definition) is 5. The van der Waals surface area contributed by atoms with Crippen molar-refractivity contribution in [2.75, 3.05) is 20.1 Å². The summed E-state index contributed by atoms with van der Waals surface area (Å²) in [4.78, 5) is 11.4. The van der Waals surface area contributed by atoms with Crippen molar-refractivity contribution >= 4 is 16.3 Å². The van der Waals surface area contributed by atoms with E-state index in [0.717, 1.165) is 12.8 Å². The Balaban J connectivity index is 2.67.